The van der Waals surface area contributed by atoms with E-state index in [9.17, 15) is 9.90 Å². The summed E-state index contributed by atoms with van der Waals surface area (Å²) in [4.78, 5) is 19.3. The lowest BCUT2D eigenvalue weighted by Gasteiger charge is -2.13. The summed E-state index contributed by atoms with van der Waals surface area (Å²) >= 11 is 0. The highest BCUT2D eigenvalue weighted by Crippen LogP contribution is 2.28. The fraction of sp³-hybridized carbons (Fsp3) is 0.375. The summed E-state index contributed by atoms with van der Waals surface area (Å²) in [6, 6.07) is 7.47. The van der Waals surface area contributed by atoms with Crippen LogP contribution in [0.4, 0.5) is 0 Å². The van der Waals surface area contributed by atoms with Crippen LogP contribution in [-0.2, 0) is 0 Å². The predicted octanol–water partition coefficient (Wildman–Crippen LogP) is 3.35. The molecule has 0 saturated heterocycles. The molecule has 1 heterocycles. The van der Waals surface area contributed by atoms with Crippen LogP contribution in [0.2, 0.25) is 0 Å². The van der Waals surface area contributed by atoms with Crippen LogP contribution in [0.5, 0.6) is 5.88 Å². The van der Waals surface area contributed by atoms with Gasteiger partial charge in [-0.1, -0.05) is 38.1 Å². The molecule has 0 fully saturated rings. The SMILES string of the molecule is CCC(CC)c1nc(O)c(-c2ccccc2C)c(=O)[nH]1. The van der Waals surface area contributed by atoms with Gasteiger partial charge in [-0.3, -0.25) is 4.79 Å². The minimum atomic E-state index is -0.284. The molecule has 2 N–H and O–H groups in total. The Hall–Kier alpha value is -2.10. The molecule has 2 rings (SSSR count). The van der Waals surface area contributed by atoms with E-state index in [-0.39, 0.29) is 22.9 Å². The molecule has 0 bridgehead atoms. The Morgan fingerprint density at radius 2 is 1.90 bits per heavy atom. The zero-order valence-corrected chi connectivity index (χ0v) is 12.1. The summed E-state index contributed by atoms with van der Waals surface area (Å²) in [5.41, 5.74) is 1.62. The van der Waals surface area contributed by atoms with E-state index >= 15 is 0 Å². The Labute approximate surface area is 118 Å². The summed E-state index contributed by atoms with van der Waals surface area (Å²) < 4.78 is 0. The lowest BCUT2D eigenvalue weighted by Crippen LogP contribution is -2.16. The van der Waals surface area contributed by atoms with E-state index in [1.807, 2.05) is 45.0 Å². The number of hydrogen-bond donors (Lipinski definition) is 2. The maximum absolute atomic E-state index is 12.3. The van der Waals surface area contributed by atoms with Gasteiger partial charge in [-0.2, -0.15) is 4.98 Å². The molecular weight excluding hydrogens is 252 g/mol. The van der Waals surface area contributed by atoms with Gasteiger partial charge in [0, 0.05) is 5.92 Å². The third-order valence-electron chi connectivity index (χ3n) is 3.71. The van der Waals surface area contributed by atoms with Crippen LogP contribution in [0.1, 0.15) is 44.0 Å². The van der Waals surface area contributed by atoms with Gasteiger partial charge in [0.25, 0.3) is 5.56 Å². The van der Waals surface area contributed by atoms with E-state index in [2.05, 4.69) is 9.97 Å². The lowest BCUT2D eigenvalue weighted by molar-refractivity contribution is 0.444. The molecule has 0 aliphatic heterocycles. The Kier molecular flexibility index (Phi) is 4.23. The first-order valence-electron chi connectivity index (χ1n) is 6.97. The number of aromatic amines is 1. The molecule has 20 heavy (non-hydrogen) atoms. The van der Waals surface area contributed by atoms with Crippen LogP contribution in [0.15, 0.2) is 29.1 Å². The molecule has 4 heteroatoms. The molecule has 0 amide bonds. The van der Waals surface area contributed by atoms with Crippen LogP contribution in [0, 0.1) is 6.92 Å². The maximum Gasteiger partial charge on any atom is 0.262 e. The van der Waals surface area contributed by atoms with E-state index in [4.69, 9.17) is 0 Å². The zero-order chi connectivity index (χ0) is 14.7. The minimum Gasteiger partial charge on any atom is -0.493 e. The van der Waals surface area contributed by atoms with E-state index in [0.717, 1.165) is 24.0 Å². The van der Waals surface area contributed by atoms with Gasteiger partial charge in [-0.25, -0.2) is 0 Å². The molecule has 2 aromatic rings. The van der Waals surface area contributed by atoms with E-state index in [0.29, 0.717) is 5.82 Å². The first kappa shape index (κ1) is 14.3. The molecule has 0 atom stereocenters. The molecule has 0 aliphatic carbocycles. The van der Waals surface area contributed by atoms with Crippen LogP contribution < -0.4 is 5.56 Å². The number of aryl methyl sites for hydroxylation is 1. The number of hydrogen-bond acceptors (Lipinski definition) is 3. The number of nitrogens with one attached hydrogen (secondary N) is 1. The van der Waals surface area contributed by atoms with Crippen molar-refractivity contribution >= 4 is 0 Å². The zero-order valence-electron chi connectivity index (χ0n) is 12.1. The number of benzene rings is 1. The third kappa shape index (κ3) is 2.59. The second-order valence-electron chi connectivity index (χ2n) is 4.98. The highest BCUT2D eigenvalue weighted by molar-refractivity contribution is 5.70. The Balaban J connectivity index is 2.58. The normalized spacial score (nSPS) is 11.0. The van der Waals surface area contributed by atoms with Crippen LogP contribution in [0.25, 0.3) is 11.1 Å². The fourth-order valence-corrected chi connectivity index (χ4v) is 2.44. The van der Waals surface area contributed by atoms with E-state index in [1.54, 1.807) is 0 Å². The van der Waals surface area contributed by atoms with Crippen molar-refractivity contribution in [3.8, 4) is 17.0 Å². The van der Waals surface area contributed by atoms with Crippen LogP contribution in [0.3, 0.4) is 0 Å². The summed E-state index contributed by atoms with van der Waals surface area (Å²) in [7, 11) is 0. The summed E-state index contributed by atoms with van der Waals surface area (Å²) in [6.07, 6.45) is 1.76. The van der Waals surface area contributed by atoms with Gasteiger partial charge in [-0.15, -0.1) is 0 Å². The van der Waals surface area contributed by atoms with Crippen molar-refractivity contribution in [3.63, 3.8) is 0 Å². The van der Waals surface area contributed by atoms with Gasteiger partial charge < -0.3 is 10.1 Å². The van der Waals surface area contributed by atoms with Crippen LogP contribution >= 0.6 is 0 Å². The van der Waals surface area contributed by atoms with Gasteiger partial charge >= 0.3 is 0 Å². The topological polar surface area (TPSA) is 66.0 Å². The Morgan fingerprint density at radius 3 is 2.45 bits per heavy atom. The van der Waals surface area contributed by atoms with E-state index < -0.39 is 0 Å². The van der Waals surface area contributed by atoms with Gasteiger partial charge in [0.15, 0.2) is 0 Å². The number of aromatic hydroxyl groups is 1. The monoisotopic (exact) mass is 272 g/mol. The average Bonchev–Trinajstić information content (AvgIpc) is 2.41. The highest BCUT2D eigenvalue weighted by Gasteiger charge is 2.17. The van der Waals surface area contributed by atoms with Crippen molar-refractivity contribution < 1.29 is 5.11 Å². The summed E-state index contributed by atoms with van der Waals surface area (Å²) in [5.74, 6) is 0.541. The van der Waals surface area contributed by atoms with Gasteiger partial charge in [0.1, 0.15) is 11.4 Å². The van der Waals surface area contributed by atoms with Gasteiger partial charge in [-0.05, 0) is 30.9 Å². The molecule has 0 saturated carbocycles. The largest absolute Gasteiger partial charge is 0.493 e. The van der Waals surface area contributed by atoms with Gasteiger partial charge in [0.05, 0.1) is 0 Å². The maximum atomic E-state index is 12.3. The van der Waals surface area contributed by atoms with Gasteiger partial charge in [0.2, 0.25) is 5.88 Å². The molecule has 0 unspecified atom stereocenters. The van der Waals surface area contributed by atoms with Crippen molar-refractivity contribution in [2.24, 2.45) is 0 Å². The number of nitrogens with zero attached hydrogens (tertiary/aromatic N) is 1. The van der Waals surface area contributed by atoms with Crippen molar-refractivity contribution in [1.29, 1.82) is 0 Å². The average molecular weight is 272 g/mol. The van der Waals surface area contributed by atoms with Crippen molar-refractivity contribution in [2.45, 2.75) is 39.5 Å². The number of H-pyrrole nitrogens is 1. The fourth-order valence-electron chi connectivity index (χ4n) is 2.44. The minimum absolute atomic E-state index is 0.166. The van der Waals surface area contributed by atoms with E-state index in [1.165, 1.54) is 0 Å². The Morgan fingerprint density at radius 1 is 1.25 bits per heavy atom. The second kappa shape index (κ2) is 5.90. The van der Waals surface area contributed by atoms with Crippen LogP contribution in [-0.4, -0.2) is 15.1 Å². The number of aromatic nitrogens is 2. The van der Waals surface area contributed by atoms with Crippen molar-refractivity contribution in [3.05, 3.63) is 46.0 Å². The summed E-state index contributed by atoms with van der Waals surface area (Å²) in [6.45, 7) is 5.99. The molecule has 1 aromatic heterocycles. The number of rotatable bonds is 4. The molecular formula is C16H20N2O2. The van der Waals surface area contributed by atoms with Crippen molar-refractivity contribution in [2.75, 3.05) is 0 Å². The predicted molar refractivity (Wildman–Crippen MR) is 80.0 cm³/mol. The molecule has 0 aliphatic rings. The smallest absolute Gasteiger partial charge is 0.262 e. The first-order valence-corrected chi connectivity index (χ1v) is 6.97. The molecule has 0 radical (unpaired) electrons. The standard InChI is InChI=1S/C16H20N2O2/c1-4-11(5-2)14-17-15(19)13(16(20)18-14)12-9-7-6-8-10(12)3/h6-9,11H,4-5H2,1-3H3,(H2,17,18,19,20). The lowest BCUT2D eigenvalue weighted by atomic mass is 10.0. The molecule has 4 nitrogen and oxygen atoms in total. The third-order valence-corrected chi connectivity index (χ3v) is 3.71. The molecule has 1 aromatic carbocycles. The second-order valence-corrected chi connectivity index (χ2v) is 4.98. The molecule has 106 valence electrons. The first-order chi connectivity index (χ1) is 9.58. The molecule has 0 spiro atoms. The highest BCUT2D eigenvalue weighted by atomic mass is 16.3. The Bertz CT molecular complexity index is 658. The van der Waals surface area contributed by atoms with Crippen molar-refractivity contribution in [1.82, 2.24) is 9.97 Å². The summed E-state index contributed by atoms with van der Waals surface area (Å²) in [5, 5.41) is 10.2. The quantitative estimate of drug-likeness (QED) is 0.897.